The number of carbonyl (C=O) groups is 2. The molecule has 0 aromatic heterocycles. The average molecular weight is 598 g/mol. The van der Waals surface area contributed by atoms with Gasteiger partial charge in [-0.25, -0.2) is 9.59 Å². The number of hydrogen-bond donors (Lipinski definition) is 0. The van der Waals surface area contributed by atoms with E-state index in [9.17, 15) is 22.8 Å². The molecule has 0 saturated carbocycles. The predicted molar refractivity (Wildman–Crippen MR) is 166 cm³/mol. The molecule has 0 aliphatic carbocycles. The third kappa shape index (κ3) is 8.35. The van der Waals surface area contributed by atoms with E-state index in [-0.39, 0.29) is 13.2 Å². The van der Waals surface area contributed by atoms with Crippen molar-refractivity contribution in [3.8, 4) is 0 Å². The van der Waals surface area contributed by atoms with E-state index in [1.54, 1.807) is 0 Å². The first-order valence-corrected chi connectivity index (χ1v) is 13.6. The molecule has 0 amide bonds. The summed E-state index contributed by atoms with van der Waals surface area (Å²) in [7, 11) is 0. The minimum atomic E-state index is -4.38. The van der Waals surface area contributed by atoms with Crippen molar-refractivity contribution in [1.29, 1.82) is 0 Å². The molecule has 0 aliphatic rings. The maximum absolute atomic E-state index is 12.9. The van der Waals surface area contributed by atoms with E-state index in [0.29, 0.717) is 5.56 Å². The Morgan fingerprint density at radius 1 is 0.682 bits per heavy atom. The second-order valence-electron chi connectivity index (χ2n) is 9.79. The zero-order valence-corrected chi connectivity index (χ0v) is 24.0. The fourth-order valence-electron chi connectivity index (χ4n) is 4.33. The van der Waals surface area contributed by atoms with Crippen LogP contribution in [-0.4, -0.2) is 11.9 Å². The molecule has 0 spiro atoms. The van der Waals surface area contributed by atoms with Crippen LogP contribution in [-0.2, 0) is 38.5 Å². The molecule has 0 saturated heterocycles. The van der Waals surface area contributed by atoms with Crippen LogP contribution in [0.15, 0.2) is 122 Å². The molecular weight excluding hydrogens is 567 g/mol. The fraction of sp³-hybridized carbons (Fsp3) is 0.111. The number of anilines is 3. The third-order valence-corrected chi connectivity index (χ3v) is 6.69. The molecule has 44 heavy (non-hydrogen) atoms. The standard InChI is InChI=1S/C36H30F3NO4/c1-4-34(41)43-23-27-8-16-31(17-9-27)40(32-18-10-28(11-19-32)24-44-35(42)5-2)33-20-12-29(13-21-33)25(3)22-26-6-14-30(15-7-26)36(37,38)39/h4-22H,1-2,23-24H2,3H3. The predicted octanol–water partition coefficient (Wildman–Crippen LogP) is 9.19. The Labute approximate surface area is 254 Å². The van der Waals surface area contributed by atoms with Crippen molar-refractivity contribution < 1.29 is 32.2 Å². The molecule has 4 rings (SSSR count). The minimum absolute atomic E-state index is 0.114. The molecule has 4 aromatic rings. The molecule has 224 valence electrons. The van der Waals surface area contributed by atoms with Crippen LogP contribution in [0.3, 0.4) is 0 Å². The lowest BCUT2D eigenvalue weighted by atomic mass is 10.0. The zero-order chi connectivity index (χ0) is 31.7. The van der Waals surface area contributed by atoms with E-state index >= 15 is 0 Å². The quantitative estimate of drug-likeness (QED) is 0.0980. The summed E-state index contributed by atoms with van der Waals surface area (Å²) >= 11 is 0. The van der Waals surface area contributed by atoms with Crippen LogP contribution in [0.4, 0.5) is 30.2 Å². The Hall–Kier alpha value is -5.37. The topological polar surface area (TPSA) is 55.8 Å². The summed E-state index contributed by atoms with van der Waals surface area (Å²) < 4.78 is 49.1. The summed E-state index contributed by atoms with van der Waals surface area (Å²) in [4.78, 5) is 25.0. The summed E-state index contributed by atoms with van der Waals surface area (Å²) in [6.07, 6.45) is -0.316. The number of hydrogen-bond acceptors (Lipinski definition) is 5. The second kappa shape index (κ2) is 14.2. The molecular formula is C36H30F3NO4. The van der Waals surface area contributed by atoms with Gasteiger partial charge in [0, 0.05) is 29.2 Å². The molecule has 0 aliphatic heterocycles. The van der Waals surface area contributed by atoms with Gasteiger partial charge in [0.15, 0.2) is 0 Å². The Balaban J connectivity index is 1.61. The van der Waals surface area contributed by atoms with Crippen molar-refractivity contribution in [2.75, 3.05) is 4.90 Å². The summed E-state index contributed by atoms with van der Waals surface area (Å²) in [5, 5.41) is 0. The van der Waals surface area contributed by atoms with Gasteiger partial charge in [-0.1, -0.05) is 67.8 Å². The first-order valence-electron chi connectivity index (χ1n) is 13.6. The first-order chi connectivity index (χ1) is 21.1. The number of benzene rings is 4. The van der Waals surface area contributed by atoms with Gasteiger partial charge in [-0.2, -0.15) is 13.2 Å². The number of nitrogens with zero attached hydrogens (tertiary/aromatic N) is 1. The summed E-state index contributed by atoms with van der Waals surface area (Å²) in [6.45, 7) is 8.94. The van der Waals surface area contributed by atoms with E-state index < -0.39 is 23.7 Å². The highest BCUT2D eigenvalue weighted by Gasteiger charge is 2.29. The van der Waals surface area contributed by atoms with Crippen LogP contribution in [0.2, 0.25) is 0 Å². The Morgan fingerprint density at radius 2 is 1.09 bits per heavy atom. The summed E-state index contributed by atoms with van der Waals surface area (Å²) in [5.74, 6) is -1.00. The normalized spacial score (nSPS) is 11.4. The molecule has 8 heteroatoms. The first kappa shape index (κ1) is 31.6. The highest BCUT2D eigenvalue weighted by Crippen LogP contribution is 2.36. The lowest BCUT2D eigenvalue weighted by Gasteiger charge is -2.26. The van der Waals surface area contributed by atoms with E-state index in [1.165, 1.54) is 12.1 Å². The van der Waals surface area contributed by atoms with Gasteiger partial charge < -0.3 is 14.4 Å². The van der Waals surface area contributed by atoms with Gasteiger partial charge in [0.2, 0.25) is 0 Å². The van der Waals surface area contributed by atoms with E-state index in [2.05, 4.69) is 13.2 Å². The number of halogens is 3. The molecule has 0 bridgehead atoms. The molecule has 0 heterocycles. The summed E-state index contributed by atoms with van der Waals surface area (Å²) in [5.41, 5.74) is 5.94. The van der Waals surface area contributed by atoms with Crippen LogP contribution in [0, 0.1) is 0 Å². The monoisotopic (exact) mass is 597 g/mol. The Bertz CT molecular complexity index is 1570. The lowest BCUT2D eigenvalue weighted by molar-refractivity contribution is -0.139. The maximum Gasteiger partial charge on any atom is 0.416 e. The highest BCUT2D eigenvalue weighted by molar-refractivity contribution is 5.83. The van der Waals surface area contributed by atoms with Gasteiger partial charge in [0.1, 0.15) is 13.2 Å². The lowest BCUT2D eigenvalue weighted by Crippen LogP contribution is -2.10. The van der Waals surface area contributed by atoms with Crippen molar-refractivity contribution >= 4 is 40.6 Å². The third-order valence-electron chi connectivity index (χ3n) is 6.69. The molecule has 5 nitrogen and oxygen atoms in total. The Kier molecular flexibility index (Phi) is 10.2. The largest absolute Gasteiger partial charge is 0.458 e. The van der Waals surface area contributed by atoms with Crippen LogP contribution in [0.1, 0.15) is 34.7 Å². The van der Waals surface area contributed by atoms with Crippen molar-refractivity contribution in [2.24, 2.45) is 0 Å². The number of rotatable bonds is 11. The molecule has 0 N–H and O–H groups in total. The van der Waals surface area contributed by atoms with Crippen molar-refractivity contribution in [2.45, 2.75) is 26.3 Å². The van der Waals surface area contributed by atoms with E-state index in [4.69, 9.17) is 9.47 Å². The number of allylic oxidation sites excluding steroid dienone is 1. The molecule has 0 atom stereocenters. The second-order valence-corrected chi connectivity index (χ2v) is 9.79. The van der Waals surface area contributed by atoms with E-state index in [1.807, 2.05) is 90.7 Å². The van der Waals surface area contributed by atoms with Crippen LogP contribution >= 0.6 is 0 Å². The number of carbonyl (C=O) groups excluding carboxylic acids is 2. The van der Waals surface area contributed by atoms with Gasteiger partial charge >= 0.3 is 18.1 Å². The fourth-order valence-corrected chi connectivity index (χ4v) is 4.33. The van der Waals surface area contributed by atoms with Crippen molar-refractivity contribution in [3.05, 3.63) is 150 Å². The van der Waals surface area contributed by atoms with Gasteiger partial charge in [-0.15, -0.1) is 0 Å². The van der Waals surface area contributed by atoms with Gasteiger partial charge in [-0.05, 0) is 83.3 Å². The van der Waals surface area contributed by atoms with Crippen molar-refractivity contribution in [1.82, 2.24) is 0 Å². The van der Waals surface area contributed by atoms with Crippen LogP contribution in [0.25, 0.3) is 11.6 Å². The zero-order valence-electron chi connectivity index (χ0n) is 24.0. The minimum Gasteiger partial charge on any atom is -0.458 e. The molecule has 4 aromatic carbocycles. The van der Waals surface area contributed by atoms with Crippen LogP contribution < -0.4 is 4.90 Å². The number of ether oxygens (including phenoxy) is 2. The molecule has 0 radical (unpaired) electrons. The summed E-state index contributed by atoms with van der Waals surface area (Å²) in [6, 6.07) is 28.0. The van der Waals surface area contributed by atoms with Crippen molar-refractivity contribution in [3.63, 3.8) is 0 Å². The van der Waals surface area contributed by atoms with Crippen LogP contribution in [0.5, 0.6) is 0 Å². The molecule has 0 unspecified atom stereocenters. The van der Waals surface area contributed by atoms with Gasteiger partial charge in [0.25, 0.3) is 0 Å². The van der Waals surface area contributed by atoms with Gasteiger partial charge in [0.05, 0.1) is 5.56 Å². The molecule has 0 fully saturated rings. The smallest absolute Gasteiger partial charge is 0.416 e. The van der Waals surface area contributed by atoms with Gasteiger partial charge in [-0.3, -0.25) is 0 Å². The SMILES string of the molecule is C=CC(=O)OCc1ccc(N(c2ccc(COC(=O)C=C)cc2)c2ccc(C(C)=Cc3ccc(C(F)(F)F)cc3)cc2)cc1. The number of alkyl halides is 3. The van der Waals surface area contributed by atoms with E-state index in [0.717, 1.165) is 63.6 Å². The highest BCUT2D eigenvalue weighted by atomic mass is 19.4. The maximum atomic E-state index is 12.9. The number of esters is 2. The average Bonchev–Trinajstić information content (AvgIpc) is 3.03. The Morgan fingerprint density at radius 3 is 1.48 bits per heavy atom.